The van der Waals surface area contributed by atoms with Gasteiger partial charge >= 0.3 is 0 Å². The van der Waals surface area contributed by atoms with Crippen molar-refractivity contribution in [3.63, 3.8) is 0 Å². The molecule has 0 unspecified atom stereocenters. The number of aryl methyl sites for hydroxylation is 1. The smallest absolute Gasteiger partial charge is 0.131 e. The van der Waals surface area contributed by atoms with Gasteiger partial charge in [-0.15, -0.1) is 11.3 Å². The average Bonchev–Trinajstić information content (AvgIpc) is 2.69. The van der Waals surface area contributed by atoms with Crippen LogP contribution in [0.4, 0.5) is 5.82 Å². The molecule has 2 heterocycles. The Bertz CT molecular complexity index is 440. The summed E-state index contributed by atoms with van der Waals surface area (Å²) in [5, 5.41) is 2.97. The number of hydrogen-bond acceptors (Lipinski definition) is 5. The highest BCUT2D eigenvalue weighted by Gasteiger charge is 2.03. The molecule has 0 spiro atoms. The molecule has 0 amide bonds. The second kappa shape index (κ2) is 4.63. The number of aromatic nitrogens is 2. The molecule has 0 aliphatic heterocycles. The minimum absolute atomic E-state index is 0.543. The van der Waals surface area contributed by atoms with Crippen LogP contribution in [0.5, 0.6) is 0 Å². The number of nitrogens with two attached hydrogens (primary N) is 1. The number of nitrogens with zero attached hydrogens (tertiary/aromatic N) is 2. The van der Waals surface area contributed by atoms with Crippen molar-refractivity contribution in [2.45, 2.75) is 22.6 Å². The Morgan fingerprint density at radius 2 is 2.33 bits per heavy atom. The first-order valence-electron chi connectivity index (χ1n) is 4.62. The molecule has 0 aliphatic carbocycles. The fourth-order valence-corrected chi connectivity index (χ4v) is 2.87. The third kappa shape index (κ3) is 2.70. The Morgan fingerprint density at radius 3 is 3.00 bits per heavy atom. The van der Waals surface area contributed by atoms with Gasteiger partial charge in [0.05, 0.1) is 4.21 Å². The zero-order valence-electron chi connectivity index (χ0n) is 8.30. The van der Waals surface area contributed by atoms with Crippen molar-refractivity contribution >= 4 is 28.9 Å². The molecule has 78 valence electrons. The number of hydrogen-bond donors (Lipinski definition) is 1. The van der Waals surface area contributed by atoms with Gasteiger partial charge in [0.1, 0.15) is 16.7 Å². The fourth-order valence-electron chi connectivity index (χ4n) is 1.13. The largest absolute Gasteiger partial charge is 0.384 e. The summed E-state index contributed by atoms with van der Waals surface area (Å²) >= 11 is 3.32. The van der Waals surface area contributed by atoms with Gasteiger partial charge in [-0.3, -0.25) is 0 Å². The summed E-state index contributed by atoms with van der Waals surface area (Å²) in [5.41, 5.74) is 5.70. The predicted molar refractivity (Wildman–Crippen MR) is 64.3 cm³/mol. The minimum Gasteiger partial charge on any atom is -0.384 e. The molecule has 0 radical (unpaired) electrons. The highest BCUT2D eigenvalue weighted by molar-refractivity contribution is 8.01. The van der Waals surface area contributed by atoms with E-state index in [0.29, 0.717) is 5.82 Å². The van der Waals surface area contributed by atoms with Crippen molar-refractivity contribution < 1.29 is 0 Å². The van der Waals surface area contributed by atoms with Crippen LogP contribution in [-0.2, 0) is 6.42 Å². The summed E-state index contributed by atoms with van der Waals surface area (Å²) < 4.78 is 1.22. The van der Waals surface area contributed by atoms with Crippen LogP contribution in [-0.4, -0.2) is 9.97 Å². The van der Waals surface area contributed by atoms with Crippen molar-refractivity contribution in [1.29, 1.82) is 0 Å². The summed E-state index contributed by atoms with van der Waals surface area (Å²) in [6.45, 7) is 2.02. The minimum atomic E-state index is 0.543. The Hall–Kier alpha value is -1.07. The van der Waals surface area contributed by atoms with E-state index in [2.05, 4.69) is 16.0 Å². The van der Waals surface area contributed by atoms with Crippen molar-refractivity contribution in [2.75, 3.05) is 5.73 Å². The maximum absolute atomic E-state index is 5.70. The average molecular weight is 237 g/mol. The van der Waals surface area contributed by atoms with Gasteiger partial charge in [-0.2, -0.15) is 0 Å². The van der Waals surface area contributed by atoms with E-state index in [9.17, 15) is 0 Å². The molecular weight excluding hydrogens is 226 g/mol. The number of nitrogen functional groups attached to an aromatic ring is 1. The van der Waals surface area contributed by atoms with Gasteiger partial charge in [-0.05, 0) is 11.4 Å². The molecule has 2 aromatic heterocycles. The fraction of sp³-hybridized carbons (Fsp3) is 0.200. The van der Waals surface area contributed by atoms with Crippen LogP contribution in [0.3, 0.4) is 0 Å². The van der Waals surface area contributed by atoms with E-state index < -0.39 is 0 Å². The van der Waals surface area contributed by atoms with E-state index in [-0.39, 0.29) is 0 Å². The van der Waals surface area contributed by atoms with E-state index >= 15 is 0 Å². The van der Waals surface area contributed by atoms with E-state index in [4.69, 9.17) is 5.73 Å². The first-order chi connectivity index (χ1) is 7.28. The van der Waals surface area contributed by atoms with Crippen molar-refractivity contribution in [3.8, 4) is 0 Å². The molecule has 2 aromatic rings. The first kappa shape index (κ1) is 10.4. The maximum Gasteiger partial charge on any atom is 0.131 e. The lowest BCUT2D eigenvalue weighted by molar-refractivity contribution is 0.895. The second-order valence-electron chi connectivity index (χ2n) is 2.93. The third-order valence-electron chi connectivity index (χ3n) is 1.79. The van der Waals surface area contributed by atoms with Crippen molar-refractivity contribution in [2.24, 2.45) is 0 Å². The molecule has 0 saturated heterocycles. The topological polar surface area (TPSA) is 51.8 Å². The Balaban J connectivity index is 2.24. The monoisotopic (exact) mass is 237 g/mol. The summed E-state index contributed by atoms with van der Waals surface area (Å²) in [5.74, 6) is 1.34. The highest BCUT2D eigenvalue weighted by atomic mass is 32.2. The second-order valence-corrected chi connectivity index (χ2v) is 5.20. The number of anilines is 1. The van der Waals surface area contributed by atoms with Gasteiger partial charge in [0.15, 0.2) is 0 Å². The van der Waals surface area contributed by atoms with E-state index in [1.165, 1.54) is 4.21 Å². The van der Waals surface area contributed by atoms with Gasteiger partial charge in [-0.1, -0.05) is 24.8 Å². The first-order valence-corrected chi connectivity index (χ1v) is 6.32. The lowest BCUT2D eigenvalue weighted by atomic mass is 10.4. The zero-order valence-corrected chi connectivity index (χ0v) is 9.94. The van der Waals surface area contributed by atoms with E-state index in [1.54, 1.807) is 23.1 Å². The number of thiophene rings is 1. The van der Waals surface area contributed by atoms with Crippen LogP contribution < -0.4 is 5.73 Å². The summed E-state index contributed by atoms with van der Waals surface area (Å²) in [4.78, 5) is 8.54. The summed E-state index contributed by atoms with van der Waals surface area (Å²) in [6, 6.07) is 5.90. The van der Waals surface area contributed by atoms with Crippen LogP contribution in [0.1, 0.15) is 12.7 Å². The quantitative estimate of drug-likeness (QED) is 0.834. The molecule has 0 bridgehead atoms. The Kier molecular flexibility index (Phi) is 3.23. The van der Waals surface area contributed by atoms with Crippen molar-refractivity contribution in [3.05, 3.63) is 29.4 Å². The van der Waals surface area contributed by atoms with Gasteiger partial charge in [0.2, 0.25) is 0 Å². The summed E-state index contributed by atoms with van der Waals surface area (Å²) in [7, 11) is 0. The van der Waals surface area contributed by atoms with Crippen LogP contribution in [0, 0.1) is 0 Å². The molecule has 15 heavy (non-hydrogen) atoms. The van der Waals surface area contributed by atoms with Crippen LogP contribution >= 0.6 is 23.1 Å². The van der Waals surface area contributed by atoms with Gasteiger partial charge in [0, 0.05) is 12.5 Å². The normalized spacial score (nSPS) is 10.5. The number of rotatable bonds is 3. The van der Waals surface area contributed by atoms with Gasteiger partial charge < -0.3 is 5.73 Å². The lowest BCUT2D eigenvalue weighted by Crippen LogP contribution is -1.99. The zero-order chi connectivity index (χ0) is 10.7. The van der Waals surface area contributed by atoms with Gasteiger partial charge in [-0.25, -0.2) is 9.97 Å². The van der Waals surface area contributed by atoms with Crippen LogP contribution in [0.25, 0.3) is 0 Å². The van der Waals surface area contributed by atoms with Crippen LogP contribution in [0.15, 0.2) is 32.8 Å². The molecule has 5 heteroatoms. The summed E-state index contributed by atoms with van der Waals surface area (Å²) in [6.07, 6.45) is 0.809. The maximum atomic E-state index is 5.70. The lowest BCUT2D eigenvalue weighted by Gasteiger charge is -2.02. The molecule has 0 aliphatic rings. The van der Waals surface area contributed by atoms with E-state index in [1.807, 2.05) is 24.4 Å². The van der Waals surface area contributed by atoms with E-state index in [0.717, 1.165) is 17.3 Å². The highest BCUT2D eigenvalue weighted by Crippen LogP contribution is 2.30. The van der Waals surface area contributed by atoms with Gasteiger partial charge in [0.25, 0.3) is 0 Å². The molecule has 0 fully saturated rings. The Morgan fingerprint density at radius 1 is 1.47 bits per heavy atom. The third-order valence-corrected chi connectivity index (χ3v) is 3.74. The molecule has 0 aromatic carbocycles. The molecule has 0 atom stereocenters. The molecular formula is C10H11N3S2. The Labute approximate surface area is 96.8 Å². The standard InChI is InChI=1S/C10H11N3S2/c1-2-8-12-7(11)6-9(13-8)15-10-4-3-5-14-10/h3-6H,2H2,1H3,(H2,11,12,13). The molecule has 0 saturated carbocycles. The molecule has 2 rings (SSSR count). The van der Waals surface area contributed by atoms with Crippen molar-refractivity contribution in [1.82, 2.24) is 9.97 Å². The predicted octanol–water partition coefficient (Wildman–Crippen LogP) is 2.83. The van der Waals surface area contributed by atoms with Crippen LogP contribution in [0.2, 0.25) is 0 Å². The molecule has 3 nitrogen and oxygen atoms in total. The molecule has 2 N–H and O–H groups in total. The SMILES string of the molecule is CCc1nc(N)cc(Sc2cccs2)n1.